The smallest absolute Gasteiger partial charge is 0.252 e. The van der Waals surface area contributed by atoms with E-state index in [1.54, 1.807) is 0 Å². The number of amides is 1. The largest absolute Gasteiger partial charge is 0.396 e. The van der Waals surface area contributed by atoms with Gasteiger partial charge >= 0.3 is 0 Å². The van der Waals surface area contributed by atoms with Gasteiger partial charge in [0.2, 0.25) is 0 Å². The van der Waals surface area contributed by atoms with Gasteiger partial charge < -0.3 is 15.2 Å². The standard InChI is InChI=1S/C10H15NO3/c1-6-9(14-6)10(13)11-8-3-2-7(4-8)5-12/h2-3,6-9,12H,4-5H2,1H3,(H,11,13)/t6-,7-,8+,9+/m0/s1. The Hall–Kier alpha value is -0.870. The van der Waals surface area contributed by atoms with Gasteiger partial charge in [0, 0.05) is 18.6 Å². The number of epoxide rings is 1. The van der Waals surface area contributed by atoms with Crippen LogP contribution in [-0.2, 0) is 9.53 Å². The average molecular weight is 197 g/mol. The Morgan fingerprint density at radius 1 is 1.64 bits per heavy atom. The fraction of sp³-hybridized carbons (Fsp3) is 0.700. The van der Waals surface area contributed by atoms with Crippen LogP contribution < -0.4 is 5.32 Å². The second-order valence-electron chi connectivity index (χ2n) is 3.94. The molecule has 0 aromatic heterocycles. The molecular formula is C10H15NO3. The molecular weight excluding hydrogens is 182 g/mol. The zero-order chi connectivity index (χ0) is 10.1. The highest BCUT2D eigenvalue weighted by molar-refractivity contribution is 5.84. The maximum absolute atomic E-state index is 11.4. The van der Waals surface area contributed by atoms with Gasteiger partial charge in [0.15, 0.2) is 6.10 Å². The van der Waals surface area contributed by atoms with Crippen LogP contribution in [0.15, 0.2) is 12.2 Å². The van der Waals surface area contributed by atoms with Gasteiger partial charge in [0.1, 0.15) is 0 Å². The highest BCUT2D eigenvalue weighted by Gasteiger charge is 2.41. The van der Waals surface area contributed by atoms with Crippen LogP contribution in [0.1, 0.15) is 13.3 Å². The van der Waals surface area contributed by atoms with E-state index in [2.05, 4.69) is 5.32 Å². The first-order chi connectivity index (χ1) is 6.70. The molecule has 0 unspecified atom stereocenters. The van der Waals surface area contributed by atoms with E-state index in [1.165, 1.54) is 0 Å². The number of carbonyl (C=O) groups excluding carboxylic acids is 1. The predicted octanol–water partition coefficient (Wildman–Crippen LogP) is -0.173. The van der Waals surface area contributed by atoms with Crippen molar-refractivity contribution in [3.8, 4) is 0 Å². The quantitative estimate of drug-likeness (QED) is 0.487. The number of aliphatic hydroxyl groups excluding tert-OH is 1. The minimum atomic E-state index is -0.253. The van der Waals surface area contributed by atoms with E-state index in [4.69, 9.17) is 9.84 Å². The summed E-state index contributed by atoms with van der Waals surface area (Å²) in [7, 11) is 0. The minimum absolute atomic E-state index is 0.0364. The van der Waals surface area contributed by atoms with E-state index in [9.17, 15) is 4.79 Å². The second-order valence-corrected chi connectivity index (χ2v) is 3.94. The number of rotatable bonds is 3. The fourth-order valence-corrected chi connectivity index (χ4v) is 1.74. The molecule has 1 aliphatic heterocycles. The van der Waals surface area contributed by atoms with Crippen molar-refractivity contribution in [2.45, 2.75) is 31.6 Å². The molecule has 1 saturated heterocycles. The average Bonchev–Trinajstić information content (AvgIpc) is 2.74. The molecule has 0 bridgehead atoms. The van der Waals surface area contributed by atoms with Crippen LogP contribution in [0, 0.1) is 5.92 Å². The van der Waals surface area contributed by atoms with E-state index in [0.717, 1.165) is 6.42 Å². The molecule has 4 nitrogen and oxygen atoms in total. The van der Waals surface area contributed by atoms with Crippen LogP contribution in [0.5, 0.6) is 0 Å². The lowest BCUT2D eigenvalue weighted by Gasteiger charge is -2.11. The third kappa shape index (κ3) is 1.96. The number of ether oxygens (including phenoxy) is 1. The summed E-state index contributed by atoms with van der Waals surface area (Å²) in [6.45, 7) is 2.03. The maximum atomic E-state index is 11.4. The normalized spacial score (nSPS) is 39.9. The van der Waals surface area contributed by atoms with E-state index in [0.29, 0.717) is 0 Å². The summed E-state index contributed by atoms with van der Waals surface area (Å²) in [4.78, 5) is 11.4. The summed E-state index contributed by atoms with van der Waals surface area (Å²) in [5.41, 5.74) is 0. The van der Waals surface area contributed by atoms with Crippen LogP contribution in [0.2, 0.25) is 0 Å². The first-order valence-electron chi connectivity index (χ1n) is 4.95. The zero-order valence-corrected chi connectivity index (χ0v) is 8.14. The highest BCUT2D eigenvalue weighted by atomic mass is 16.6. The molecule has 1 aliphatic carbocycles. The number of hydrogen-bond acceptors (Lipinski definition) is 3. The molecule has 4 atom stereocenters. The van der Waals surface area contributed by atoms with Gasteiger partial charge in [-0.25, -0.2) is 0 Å². The Bertz CT molecular complexity index is 264. The lowest BCUT2D eigenvalue weighted by molar-refractivity contribution is -0.122. The summed E-state index contributed by atoms with van der Waals surface area (Å²) in [6.07, 6.45) is 4.49. The second kappa shape index (κ2) is 3.71. The van der Waals surface area contributed by atoms with E-state index in [-0.39, 0.29) is 36.7 Å². The molecule has 14 heavy (non-hydrogen) atoms. The van der Waals surface area contributed by atoms with Crippen LogP contribution in [-0.4, -0.2) is 35.9 Å². The lowest BCUT2D eigenvalue weighted by Crippen LogP contribution is -2.36. The summed E-state index contributed by atoms with van der Waals surface area (Å²) in [6, 6.07) is 0.0658. The molecule has 0 aromatic carbocycles. The first kappa shape index (κ1) is 9.68. The van der Waals surface area contributed by atoms with Crippen LogP contribution in [0.25, 0.3) is 0 Å². The molecule has 0 saturated carbocycles. The number of aliphatic hydroxyl groups is 1. The van der Waals surface area contributed by atoms with Crippen LogP contribution in [0.3, 0.4) is 0 Å². The third-order valence-electron chi connectivity index (χ3n) is 2.70. The molecule has 2 rings (SSSR count). The summed E-state index contributed by atoms with van der Waals surface area (Å²) in [5.74, 6) is 0.156. The van der Waals surface area contributed by atoms with Gasteiger partial charge in [-0.3, -0.25) is 4.79 Å². The van der Waals surface area contributed by atoms with Crippen molar-refractivity contribution in [3.63, 3.8) is 0 Å². The van der Waals surface area contributed by atoms with E-state index in [1.807, 2.05) is 19.1 Å². The maximum Gasteiger partial charge on any atom is 0.252 e. The molecule has 0 aromatic rings. The van der Waals surface area contributed by atoms with Crippen molar-refractivity contribution in [2.75, 3.05) is 6.61 Å². The van der Waals surface area contributed by atoms with Crippen molar-refractivity contribution >= 4 is 5.91 Å². The van der Waals surface area contributed by atoms with Gasteiger partial charge in [0.25, 0.3) is 5.91 Å². The van der Waals surface area contributed by atoms with E-state index < -0.39 is 0 Å². The monoisotopic (exact) mass is 197 g/mol. The molecule has 1 fully saturated rings. The first-order valence-corrected chi connectivity index (χ1v) is 4.95. The summed E-state index contributed by atoms with van der Waals surface area (Å²) in [5, 5.41) is 11.8. The van der Waals surface area contributed by atoms with Crippen molar-refractivity contribution in [2.24, 2.45) is 5.92 Å². The third-order valence-corrected chi connectivity index (χ3v) is 2.70. The Morgan fingerprint density at radius 2 is 2.36 bits per heavy atom. The number of carbonyl (C=O) groups is 1. The molecule has 2 N–H and O–H groups in total. The van der Waals surface area contributed by atoms with Gasteiger partial charge in [-0.2, -0.15) is 0 Å². The number of hydrogen-bond donors (Lipinski definition) is 2. The molecule has 1 amide bonds. The van der Waals surface area contributed by atoms with E-state index >= 15 is 0 Å². The summed E-state index contributed by atoms with van der Waals surface area (Å²) >= 11 is 0. The van der Waals surface area contributed by atoms with Gasteiger partial charge in [-0.1, -0.05) is 12.2 Å². The topological polar surface area (TPSA) is 61.9 Å². The molecule has 0 radical (unpaired) electrons. The fourth-order valence-electron chi connectivity index (χ4n) is 1.74. The SMILES string of the molecule is C[C@@H]1O[C@H]1C(=O)N[C@@H]1C=C[C@H](CO)C1. The Morgan fingerprint density at radius 3 is 2.86 bits per heavy atom. The molecule has 78 valence electrons. The Balaban J connectivity index is 1.77. The molecule has 0 spiro atoms. The van der Waals surface area contributed by atoms with Gasteiger partial charge in [-0.05, 0) is 13.3 Å². The van der Waals surface area contributed by atoms with Crippen LogP contribution >= 0.6 is 0 Å². The summed E-state index contributed by atoms with van der Waals surface area (Å²) < 4.78 is 5.06. The molecule has 1 heterocycles. The van der Waals surface area contributed by atoms with Gasteiger partial charge in [-0.15, -0.1) is 0 Å². The predicted molar refractivity (Wildman–Crippen MR) is 50.6 cm³/mol. The van der Waals surface area contributed by atoms with Crippen molar-refractivity contribution in [1.82, 2.24) is 5.32 Å². The van der Waals surface area contributed by atoms with Crippen molar-refractivity contribution in [3.05, 3.63) is 12.2 Å². The van der Waals surface area contributed by atoms with Crippen molar-refractivity contribution in [1.29, 1.82) is 0 Å². The molecule has 4 heteroatoms. The van der Waals surface area contributed by atoms with Gasteiger partial charge in [0.05, 0.1) is 6.10 Å². The lowest BCUT2D eigenvalue weighted by atomic mass is 10.1. The van der Waals surface area contributed by atoms with Crippen molar-refractivity contribution < 1.29 is 14.6 Å². The Labute approximate surface area is 82.9 Å². The Kier molecular flexibility index (Phi) is 2.56. The zero-order valence-electron chi connectivity index (χ0n) is 8.14. The van der Waals surface area contributed by atoms with Crippen LogP contribution in [0.4, 0.5) is 0 Å². The molecule has 2 aliphatic rings. The highest BCUT2D eigenvalue weighted by Crippen LogP contribution is 2.22. The minimum Gasteiger partial charge on any atom is -0.396 e. The number of nitrogens with one attached hydrogen (secondary N) is 1.